The molecule has 1 aromatic carbocycles. The molecule has 6 nitrogen and oxygen atoms in total. The lowest BCUT2D eigenvalue weighted by molar-refractivity contribution is -0.154. The average Bonchev–Trinajstić information content (AvgIpc) is 3.14. The second-order valence-electron chi connectivity index (χ2n) is 6.03. The van der Waals surface area contributed by atoms with Gasteiger partial charge in [0, 0.05) is 18.8 Å². The van der Waals surface area contributed by atoms with E-state index in [1.54, 1.807) is 0 Å². The van der Waals surface area contributed by atoms with Crippen LogP contribution in [0.2, 0.25) is 0 Å². The summed E-state index contributed by atoms with van der Waals surface area (Å²) in [7, 11) is 0. The molecule has 0 radical (unpaired) electrons. The maximum absolute atomic E-state index is 11.9. The van der Waals surface area contributed by atoms with E-state index in [2.05, 4.69) is 27.2 Å². The Kier molecular flexibility index (Phi) is 7.21. The third-order valence-electron chi connectivity index (χ3n) is 3.92. The van der Waals surface area contributed by atoms with Gasteiger partial charge in [-0.1, -0.05) is 12.1 Å². The van der Waals surface area contributed by atoms with Crippen molar-refractivity contribution in [2.45, 2.75) is 32.0 Å². The summed E-state index contributed by atoms with van der Waals surface area (Å²) in [6.45, 7) is -1.31. The van der Waals surface area contributed by atoms with Gasteiger partial charge in [-0.3, -0.25) is 0 Å². The minimum Gasteiger partial charge on any atom is -0.468 e. The maximum Gasteiger partial charge on any atom is 0.422 e. The molecular formula is C19H19F3N4O2. The van der Waals surface area contributed by atoms with Crippen molar-refractivity contribution in [1.29, 1.82) is 5.26 Å². The molecule has 0 spiro atoms. The van der Waals surface area contributed by atoms with Crippen molar-refractivity contribution in [3.63, 3.8) is 0 Å². The first-order valence-corrected chi connectivity index (χ1v) is 8.47. The number of fused-ring (bicyclic) bond motifs is 1. The summed E-state index contributed by atoms with van der Waals surface area (Å²) >= 11 is 0. The van der Waals surface area contributed by atoms with Crippen LogP contribution in [0.25, 0.3) is 0 Å². The van der Waals surface area contributed by atoms with E-state index in [0.29, 0.717) is 5.56 Å². The molecule has 1 aliphatic rings. The predicted octanol–water partition coefficient (Wildman–Crippen LogP) is 3.24. The van der Waals surface area contributed by atoms with Gasteiger partial charge in [0.15, 0.2) is 6.61 Å². The van der Waals surface area contributed by atoms with Crippen LogP contribution < -0.4 is 15.8 Å². The van der Waals surface area contributed by atoms with E-state index in [0.717, 1.165) is 18.4 Å². The number of nitriles is 1. The Morgan fingerprint density at radius 2 is 2.11 bits per heavy atom. The van der Waals surface area contributed by atoms with E-state index >= 15 is 0 Å². The van der Waals surface area contributed by atoms with Crippen LogP contribution in [0.3, 0.4) is 0 Å². The molecule has 3 N–H and O–H groups in total. The summed E-state index contributed by atoms with van der Waals surface area (Å²) in [6.07, 6.45) is 0.338. The Morgan fingerprint density at radius 1 is 1.32 bits per heavy atom. The van der Waals surface area contributed by atoms with E-state index in [-0.39, 0.29) is 12.4 Å². The van der Waals surface area contributed by atoms with E-state index in [4.69, 9.17) is 11.0 Å². The number of urea groups is 1. The number of amides is 2. The molecular weight excluding hydrogens is 373 g/mol. The van der Waals surface area contributed by atoms with Crippen molar-refractivity contribution in [1.82, 2.24) is 10.3 Å². The molecule has 1 heterocycles. The molecule has 0 saturated heterocycles. The number of pyridine rings is 1. The summed E-state index contributed by atoms with van der Waals surface area (Å²) in [5, 5.41) is 11.0. The zero-order valence-corrected chi connectivity index (χ0v) is 14.9. The summed E-state index contributed by atoms with van der Waals surface area (Å²) < 4.78 is 40.0. The van der Waals surface area contributed by atoms with Gasteiger partial charge in [0.2, 0.25) is 5.88 Å². The molecule has 0 bridgehead atoms. The quantitative estimate of drug-likeness (QED) is 0.834. The Hall–Kier alpha value is -3.28. The van der Waals surface area contributed by atoms with Gasteiger partial charge in [-0.15, -0.1) is 0 Å². The second kappa shape index (κ2) is 9.60. The van der Waals surface area contributed by atoms with Crippen molar-refractivity contribution in [2.75, 3.05) is 6.61 Å². The first-order valence-electron chi connectivity index (χ1n) is 8.47. The van der Waals surface area contributed by atoms with Crippen molar-refractivity contribution < 1.29 is 22.7 Å². The highest BCUT2D eigenvalue weighted by atomic mass is 19.4. The minimum absolute atomic E-state index is 0.0975. The molecule has 0 fully saturated rings. The van der Waals surface area contributed by atoms with E-state index < -0.39 is 18.8 Å². The van der Waals surface area contributed by atoms with Crippen molar-refractivity contribution >= 4 is 6.03 Å². The van der Waals surface area contributed by atoms with Gasteiger partial charge in [0.05, 0.1) is 11.6 Å². The number of hydrogen-bond donors (Lipinski definition) is 2. The average molecular weight is 392 g/mol. The summed E-state index contributed by atoms with van der Waals surface area (Å²) in [5.74, 6) is -0.161. The Balaban J connectivity index is 0.000000218. The second-order valence-corrected chi connectivity index (χ2v) is 6.03. The van der Waals surface area contributed by atoms with Crippen LogP contribution in [-0.2, 0) is 19.4 Å². The normalized spacial score (nSPS) is 12.2. The highest BCUT2D eigenvalue weighted by Gasteiger charge is 2.28. The van der Waals surface area contributed by atoms with Crippen LogP contribution in [0, 0.1) is 11.3 Å². The van der Waals surface area contributed by atoms with E-state index in [1.165, 1.54) is 35.9 Å². The fourth-order valence-electron chi connectivity index (χ4n) is 2.71. The number of aromatic nitrogens is 1. The lowest BCUT2D eigenvalue weighted by atomic mass is 10.0. The SMILES string of the molecule is N#Cc1cccc2c1CCC2.NC(=O)NCc1ccnc(OCC(F)(F)F)c1. The molecule has 1 aliphatic carbocycles. The lowest BCUT2D eigenvalue weighted by Gasteiger charge is -2.09. The number of halogens is 3. The van der Waals surface area contributed by atoms with Gasteiger partial charge >= 0.3 is 12.2 Å². The number of ether oxygens (including phenoxy) is 1. The van der Waals surface area contributed by atoms with Crippen LogP contribution in [0.15, 0.2) is 36.5 Å². The largest absolute Gasteiger partial charge is 0.468 e. The molecule has 0 unspecified atom stereocenters. The van der Waals surface area contributed by atoms with Crippen LogP contribution in [0.5, 0.6) is 5.88 Å². The Morgan fingerprint density at radius 3 is 2.79 bits per heavy atom. The van der Waals surface area contributed by atoms with Crippen molar-refractivity contribution in [3.8, 4) is 11.9 Å². The van der Waals surface area contributed by atoms with Crippen LogP contribution in [-0.4, -0.2) is 23.8 Å². The molecule has 2 amide bonds. The molecule has 28 heavy (non-hydrogen) atoms. The smallest absolute Gasteiger partial charge is 0.422 e. The molecule has 1 aromatic heterocycles. The van der Waals surface area contributed by atoms with Gasteiger partial charge in [-0.25, -0.2) is 9.78 Å². The Bertz CT molecular complexity index is 863. The van der Waals surface area contributed by atoms with Gasteiger partial charge in [-0.05, 0) is 48.1 Å². The van der Waals surface area contributed by atoms with Gasteiger partial charge < -0.3 is 15.8 Å². The topological polar surface area (TPSA) is 101 Å². The van der Waals surface area contributed by atoms with Crippen LogP contribution >= 0.6 is 0 Å². The fraction of sp³-hybridized carbons (Fsp3) is 0.316. The number of carbonyl (C=O) groups is 1. The number of carbonyl (C=O) groups excluding carboxylic acids is 1. The van der Waals surface area contributed by atoms with Crippen LogP contribution in [0.4, 0.5) is 18.0 Å². The minimum atomic E-state index is -4.41. The molecule has 0 atom stereocenters. The molecule has 2 aromatic rings. The number of benzene rings is 1. The van der Waals surface area contributed by atoms with E-state index in [9.17, 15) is 18.0 Å². The lowest BCUT2D eigenvalue weighted by Crippen LogP contribution is -2.28. The zero-order chi connectivity index (χ0) is 20.6. The number of primary amides is 1. The van der Waals surface area contributed by atoms with Gasteiger partial charge in [-0.2, -0.15) is 18.4 Å². The third-order valence-corrected chi connectivity index (χ3v) is 3.92. The first-order chi connectivity index (χ1) is 13.3. The predicted molar refractivity (Wildman–Crippen MR) is 95.4 cm³/mol. The van der Waals surface area contributed by atoms with Crippen molar-refractivity contribution in [3.05, 3.63) is 58.8 Å². The number of hydrogen-bond acceptors (Lipinski definition) is 4. The number of alkyl halides is 3. The summed E-state index contributed by atoms with van der Waals surface area (Å²) in [4.78, 5) is 14.0. The standard InChI is InChI=1S/C10H9N.C9H10F3N3O2/c11-7-9-5-1-3-8-4-2-6-10(8)9;10-9(11,12)5-17-7-3-6(1-2-14-7)4-15-8(13)16/h1,3,5H,2,4,6H2;1-3H,4-5H2,(H3,13,15,16). The monoisotopic (exact) mass is 392 g/mol. The highest BCUT2D eigenvalue weighted by Crippen LogP contribution is 2.24. The van der Waals surface area contributed by atoms with E-state index in [1.807, 2.05) is 12.1 Å². The van der Waals surface area contributed by atoms with Gasteiger partial charge in [0.1, 0.15) is 0 Å². The number of nitrogens with two attached hydrogens (primary N) is 1. The number of aryl methyl sites for hydroxylation is 1. The Labute approximate surface area is 160 Å². The zero-order valence-electron chi connectivity index (χ0n) is 14.9. The van der Waals surface area contributed by atoms with Gasteiger partial charge in [0.25, 0.3) is 0 Å². The van der Waals surface area contributed by atoms with Crippen LogP contribution in [0.1, 0.15) is 28.7 Å². The molecule has 9 heteroatoms. The maximum atomic E-state index is 11.9. The molecule has 148 valence electrons. The van der Waals surface area contributed by atoms with Crippen molar-refractivity contribution in [2.24, 2.45) is 5.73 Å². The molecule has 0 aliphatic heterocycles. The first kappa shape index (κ1) is 21.0. The number of nitrogens with zero attached hydrogens (tertiary/aromatic N) is 2. The third kappa shape index (κ3) is 6.79. The fourth-order valence-corrected chi connectivity index (χ4v) is 2.71. The highest BCUT2D eigenvalue weighted by molar-refractivity contribution is 5.71. The summed E-state index contributed by atoms with van der Waals surface area (Å²) in [6, 6.07) is 10.3. The number of rotatable bonds is 4. The molecule has 0 saturated carbocycles. The number of nitrogens with one attached hydrogen (secondary N) is 1. The molecule has 3 rings (SSSR count). The summed E-state index contributed by atoms with van der Waals surface area (Å²) in [5.41, 5.74) is 8.93.